The Morgan fingerprint density at radius 3 is 2.29 bits per heavy atom. The van der Waals surface area contributed by atoms with Gasteiger partial charge < -0.3 is 14.4 Å². The Hall–Kier alpha value is -4.56. The fraction of sp³-hybridized carbons (Fsp3) is 0.103. The monoisotopic (exact) mass is 448 g/mol. The summed E-state index contributed by atoms with van der Waals surface area (Å²) in [5.41, 5.74) is 5.24. The quantitative estimate of drug-likeness (QED) is 0.283. The maximum Gasteiger partial charge on any atom is 0.214 e. The molecule has 1 amide bonds. The van der Waals surface area contributed by atoms with Gasteiger partial charge in [-0.05, 0) is 35.4 Å². The predicted octanol–water partition coefficient (Wildman–Crippen LogP) is 5.33. The molecule has 0 radical (unpaired) electrons. The van der Waals surface area contributed by atoms with Crippen molar-refractivity contribution in [1.29, 1.82) is 0 Å². The third-order valence-electron chi connectivity index (χ3n) is 5.40. The molecule has 0 aliphatic carbocycles. The van der Waals surface area contributed by atoms with Crippen LogP contribution in [0.15, 0.2) is 91.3 Å². The lowest BCUT2D eigenvalue weighted by molar-refractivity contribution is -0.107. The molecule has 3 aromatic carbocycles. The van der Waals surface area contributed by atoms with E-state index in [-0.39, 0.29) is 0 Å². The number of hydrogen-bond acceptors (Lipinski definition) is 4. The molecule has 34 heavy (non-hydrogen) atoms. The summed E-state index contributed by atoms with van der Waals surface area (Å²) < 4.78 is 10.8. The van der Waals surface area contributed by atoms with E-state index in [1.165, 1.54) is 0 Å². The van der Waals surface area contributed by atoms with Gasteiger partial charge in [0.15, 0.2) is 0 Å². The SMILES string of the molecule is COc1ccncc1C#Cc1ccccc1N(C=O)Cc1ccc(-c2ccccc2OC)cc1. The van der Waals surface area contributed by atoms with Crippen LogP contribution >= 0.6 is 0 Å². The second-order valence-electron chi connectivity index (χ2n) is 7.47. The summed E-state index contributed by atoms with van der Waals surface area (Å²) >= 11 is 0. The standard InChI is InChI=1S/C29H24N2O3/c1-33-28-17-18-30-19-25(28)16-15-24-7-3-5-9-27(24)31(21-32)20-22-11-13-23(14-12-22)26-8-4-6-10-29(26)34-2/h3-14,17-19,21H,20H2,1-2H3. The van der Waals surface area contributed by atoms with Gasteiger partial charge in [-0.1, -0.05) is 66.4 Å². The molecule has 0 bridgehead atoms. The van der Waals surface area contributed by atoms with Gasteiger partial charge >= 0.3 is 0 Å². The number of aromatic nitrogens is 1. The topological polar surface area (TPSA) is 51.7 Å². The van der Waals surface area contributed by atoms with Gasteiger partial charge in [0.1, 0.15) is 11.5 Å². The molecule has 0 aliphatic rings. The minimum Gasteiger partial charge on any atom is -0.496 e. The van der Waals surface area contributed by atoms with Crippen molar-refractivity contribution in [2.45, 2.75) is 6.54 Å². The normalized spacial score (nSPS) is 10.1. The molecule has 0 N–H and O–H groups in total. The summed E-state index contributed by atoms with van der Waals surface area (Å²) in [6.45, 7) is 0.421. The molecule has 0 atom stereocenters. The fourth-order valence-corrected chi connectivity index (χ4v) is 3.67. The first-order valence-corrected chi connectivity index (χ1v) is 10.8. The van der Waals surface area contributed by atoms with Crippen LogP contribution in [0.3, 0.4) is 0 Å². The molecule has 0 saturated carbocycles. The van der Waals surface area contributed by atoms with Crippen molar-refractivity contribution in [3.8, 4) is 34.5 Å². The van der Waals surface area contributed by atoms with Crippen LogP contribution in [-0.2, 0) is 11.3 Å². The second-order valence-corrected chi connectivity index (χ2v) is 7.47. The Labute approximate surface area is 199 Å². The molecule has 4 rings (SSSR count). The minimum atomic E-state index is 0.421. The molecule has 0 aliphatic heterocycles. The van der Waals surface area contributed by atoms with Crippen LogP contribution in [0.4, 0.5) is 5.69 Å². The summed E-state index contributed by atoms with van der Waals surface area (Å²) in [7, 11) is 3.27. The molecule has 5 heteroatoms. The molecule has 0 unspecified atom stereocenters. The van der Waals surface area contributed by atoms with Gasteiger partial charge in [0, 0.05) is 23.5 Å². The van der Waals surface area contributed by atoms with Gasteiger partial charge in [-0.15, -0.1) is 0 Å². The van der Waals surface area contributed by atoms with Gasteiger partial charge in [-0.25, -0.2) is 0 Å². The highest BCUT2D eigenvalue weighted by atomic mass is 16.5. The predicted molar refractivity (Wildman–Crippen MR) is 134 cm³/mol. The first-order chi connectivity index (χ1) is 16.7. The number of benzene rings is 3. The minimum absolute atomic E-state index is 0.421. The third kappa shape index (κ3) is 5.08. The van der Waals surface area contributed by atoms with E-state index in [1.54, 1.807) is 37.6 Å². The van der Waals surface area contributed by atoms with Crippen molar-refractivity contribution in [1.82, 2.24) is 4.98 Å². The van der Waals surface area contributed by atoms with Crippen molar-refractivity contribution in [3.63, 3.8) is 0 Å². The van der Waals surface area contributed by atoms with Crippen LogP contribution in [0.5, 0.6) is 11.5 Å². The van der Waals surface area contributed by atoms with Crippen molar-refractivity contribution in [2.24, 2.45) is 0 Å². The number of amides is 1. The first kappa shape index (κ1) is 22.6. The van der Waals surface area contributed by atoms with Crippen molar-refractivity contribution < 1.29 is 14.3 Å². The number of rotatable bonds is 7. The van der Waals surface area contributed by atoms with Crippen molar-refractivity contribution in [3.05, 3.63) is 108 Å². The number of para-hydroxylation sites is 2. The highest BCUT2D eigenvalue weighted by molar-refractivity contribution is 5.79. The smallest absolute Gasteiger partial charge is 0.214 e. The number of nitrogens with zero attached hydrogens (tertiary/aromatic N) is 2. The molecule has 1 heterocycles. The van der Waals surface area contributed by atoms with Gasteiger partial charge in [0.2, 0.25) is 6.41 Å². The average Bonchev–Trinajstić information content (AvgIpc) is 2.91. The van der Waals surface area contributed by atoms with E-state index in [9.17, 15) is 4.79 Å². The zero-order valence-electron chi connectivity index (χ0n) is 19.1. The van der Waals surface area contributed by atoms with Crippen LogP contribution in [-0.4, -0.2) is 25.6 Å². The molecule has 0 saturated heterocycles. The first-order valence-electron chi connectivity index (χ1n) is 10.8. The van der Waals surface area contributed by atoms with Crippen LogP contribution in [0.1, 0.15) is 16.7 Å². The van der Waals surface area contributed by atoms with E-state index in [1.807, 2.05) is 72.8 Å². The van der Waals surface area contributed by atoms with Gasteiger partial charge in [0.05, 0.1) is 32.0 Å². The number of ether oxygens (including phenoxy) is 2. The molecule has 0 fully saturated rings. The van der Waals surface area contributed by atoms with Crippen molar-refractivity contribution in [2.75, 3.05) is 19.1 Å². The second kappa shape index (κ2) is 10.8. The fourth-order valence-electron chi connectivity index (χ4n) is 3.67. The zero-order chi connectivity index (χ0) is 23.8. The molecule has 4 aromatic rings. The lowest BCUT2D eigenvalue weighted by atomic mass is 10.0. The number of hydrogen-bond donors (Lipinski definition) is 0. The lowest BCUT2D eigenvalue weighted by Gasteiger charge is -2.19. The maximum absolute atomic E-state index is 12.0. The third-order valence-corrected chi connectivity index (χ3v) is 5.40. The Bertz CT molecular complexity index is 1340. The summed E-state index contributed by atoms with van der Waals surface area (Å²) in [5, 5.41) is 0. The summed E-state index contributed by atoms with van der Waals surface area (Å²) in [4.78, 5) is 17.8. The molecule has 1 aromatic heterocycles. The number of carbonyl (C=O) groups is 1. The number of carbonyl (C=O) groups excluding carboxylic acids is 1. The van der Waals surface area contributed by atoms with E-state index < -0.39 is 0 Å². The number of methoxy groups -OCH3 is 2. The zero-order valence-corrected chi connectivity index (χ0v) is 19.1. The van der Waals surface area contributed by atoms with Crippen LogP contribution in [0.25, 0.3) is 11.1 Å². The number of pyridine rings is 1. The largest absolute Gasteiger partial charge is 0.496 e. The van der Waals surface area contributed by atoms with Crippen LogP contribution in [0, 0.1) is 11.8 Å². The van der Waals surface area contributed by atoms with Gasteiger partial charge in [0.25, 0.3) is 0 Å². The van der Waals surface area contributed by atoms with Crippen LogP contribution < -0.4 is 14.4 Å². The van der Waals surface area contributed by atoms with E-state index in [2.05, 4.69) is 16.8 Å². The highest BCUT2D eigenvalue weighted by Crippen LogP contribution is 2.30. The van der Waals surface area contributed by atoms with E-state index in [0.717, 1.165) is 40.1 Å². The summed E-state index contributed by atoms with van der Waals surface area (Å²) in [6, 6.07) is 25.4. The molecular formula is C29H24N2O3. The maximum atomic E-state index is 12.0. The summed E-state index contributed by atoms with van der Waals surface area (Å²) in [6.07, 6.45) is 4.15. The van der Waals surface area contributed by atoms with E-state index in [4.69, 9.17) is 9.47 Å². The van der Waals surface area contributed by atoms with Gasteiger partial charge in [-0.3, -0.25) is 9.78 Å². The van der Waals surface area contributed by atoms with E-state index in [0.29, 0.717) is 17.9 Å². The number of anilines is 1. The average molecular weight is 449 g/mol. The highest BCUT2D eigenvalue weighted by Gasteiger charge is 2.11. The Morgan fingerprint density at radius 2 is 1.53 bits per heavy atom. The van der Waals surface area contributed by atoms with Crippen molar-refractivity contribution >= 4 is 12.1 Å². The van der Waals surface area contributed by atoms with Crippen LogP contribution in [0.2, 0.25) is 0 Å². The molecule has 0 spiro atoms. The molecular weight excluding hydrogens is 424 g/mol. The van der Waals surface area contributed by atoms with Gasteiger partial charge in [-0.2, -0.15) is 0 Å². The Morgan fingerprint density at radius 1 is 0.824 bits per heavy atom. The Kier molecular flexibility index (Phi) is 7.22. The lowest BCUT2D eigenvalue weighted by Crippen LogP contribution is -2.21. The van der Waals surface area contributed by atoms with E-state index >= 15 is 0 Å². The molecule has 168 valence electrons. The summed E-state index contributed by atoms with van der Waals surface area (Å²) in [5.74, 6) is 7.75. The molecule has 5 nitrogen and oxygen atoms in total. The Balaban J connectivity index is 1.58.